The molecule has 13 heavy (non-hydrogen) atoms. The molecule has 0 aliphatic carbocycles. The number of benzene rings is 1. The Bertz CT molecular complexity index is 313. The van der Waals surface area contributed by atoms with Crippen LogP contribution in [0.1, 0.15) is 13.8 Å². The van der Waals surface area contributed by atoms with Gasteiger partial charge in [0.25, 0.3) is 0 Å². The van der Waals surface area contributed by atoms with E-state index >= 15 is 0 Å². The Morgan fingerprint density at radius 1 is 1.31 bits per heavy atom. The molecule has 1 aromatic rings. The van der Waals surface area contributed by atoms with Gasteiger partial charge in [0, 0.05) is 11.1 Å². The van der Waals surface area contributed by atoms with Gasteiger partial charge >= 0.3 is 0 Å². The number of ether oxygens (including phenoxy) is 1. The molecule has 0 heterocycles. The van der Waals surface area contributed by atoms with E-state index < -0.39 is 5.82 Å². The van der Waals surface area contributed by atoms with Gasteiger partial charge in [0.1, 0.15) is 0 Å². The van der Waals surface area contributed by atoms with Crippen molar-refractivity contribution in [3.63, 3.8) is 0 Å². The highest BCUT2D eigenvalue weighted by Crippen LogP contribution is 2.29. The molecule has 0 amide bonds. The zero-order valence-electron chi connectivity index (χ0n) is 7.27. The highest BCUT2D eigenvalue weighted by Gasteiger charge is 2.10. The molecule has 0 N–H and O–H groups in total. The van der Waals surface area contributed by atoms with E-state index in [0.29, 0.717) is 5.02 Å². The second kappa shape index (κ2) is 4.16. The minimum absolute atomic E-state index is 0.0249. The van der Waals surface area contributed by atoms with Gasteiger partial charge < -0.3 is 4.74 Å². The predicted octanol–water partition coefficient (Wildman–Crippen LogP) is 3.92. The van der Waals surface area contributed by atoms with Crippen molar-refractivity contribution in [2.75, 3.05) is 0 Å². The molecular formula is C9H9Cl2FO. The molecule has 72 valence electrons. The van der Waals surface area contributed by atoms with Crippen molar-refractivity contribution in [2.45, 2.75) is 20.0 Å². The van der Waals surface area contributed by atoms with Crippen LogP contribution >= 0.6 is 23.2 Å². The third-order valence-corrected chi connectivity index (χ3v) is 1.82. The smallest absolute Gasteiger partial charge is 0.183 e. The van der Waals surface area contributed by atoms with Crippen molar-refractivity contribution in [3.05, 3.63) is 28.0 Å². The van der Waals surface area contributed by atoms with Gasteiger partial charge in [-0.3, -0.25) is 0 Å². The Morgan fingerprint density at radius 2 is 1.92 bits per heavy atom. The summed E-state index contributed by atoms with van der Waals surface area (Å²) in [5.74, 6) is -0.479. The minimum atomic E-state index is -0.570. The summed E-state index contributed by atoms with van der Waals surface area (Å²) in [5.41, 5.74) is 0. The Balaban J connectivity index is 3.05. The van der Waals surface area contributed by atoms with Crippen molar-refractivity contribution < 1.29 is 9.13 Å². The summed E-state index contributed by atoms with van der Waals surface area (Å²) in [5, 5.41) is 0.338. The SMILES string of the molecule is CC(C)Oc1cc(Cl)cc(Cl)c1F. The lowest BCUT2D eigenvalue weighted by molar-refractivity contribution is 0.231. The van der Waals surface area contributed by atoms with Crippen LogP contribution < -0.4 is 4.74 Å². The van der Waals surface area contributed by atoms with E-state index in [0.717, 1.165) is 0 Å². The Kier molecular flexibility index (Phi) is 3.40. The molecule has 0 aliphatic heterocycles. The van der Waals surface area contributed by atoms with E-state index in [1.54, 1.807) is 13.8 Å². The number of rotatable bonds is 2. The average Bonchev–Trinajstić information content (AvgIpc) is 1.98. The minimum Gasteiger partial charge on any atom is -0.488 e. The zero-order chi connectivity index (χ0) is 10.0. The molecule has 0 radical (unpaired) electrons. The second-order valence-electron chi connectivity index (χ2n) is 2.87. The molecule has 4 heteroatoms. The van der Waals surface area contributed by atoms with Gasteiger partial charge in [-0.1, -0.05) is 23.2 Å². The summed E-state index contributed by atoms with van der Waals surface area (Å²) in [6, 6.07) is 2.74. The maximum absolute atomic E-state index is 13.2. The molecule has 1 nitrogen and oxygen atoms in total. The predicted molar refractivity (Wildman–Crippen MR) is 52.2 cm³/mol. The average molecular weight is 223 g/mol. The first kappa shape index (κ1) is 10.6. The summed E-state index contributed by atoms with van der Waals surface area (Å²) < 4.78 is 18.4. The normalized spacial score (nSPS) is 10.6. The third-order valence-electron chi connectivity index (χ3n) is 1.32. The molecular weight excluding hydrogens is 214 g/mol. The Labute approximate surface area is 86.4 Å². The van der Waals surface area contributed by atoms with Crippen molar-refractivity contribution in [1.29, 1.82) is 0 Å². The maximum Gasteiger partial charge on any atom is 0.183 e. The lowest BCUT2D eigenvalue weighted by Crippen LogP contribution is -2.07. The van der Waals surface area contributed by atoms with Crippen LogP contribution in [0.3, 0.4) is 0 Å². The van der Waals surface area contributed by atoms with Gasteiger partial charge in [-0.15, -0.1) is 0 Å². The first-order valence-corrected chi connectivity index (χ1v) is 4.57. The van der Waals surface area contributed by atoms with Crippen molar-refractivity contribution in [3.8, 4) is 5.75 Å². The quantitative estimate of drug-likeness (QED) is 0.690. The molecule has 0 spiro atoms. The molecule has 0 bridgehead atoms. The molecule has 1 aromatic carbocycles. The first-order valence-electron chi connectivity index (χ1n) is 3.82. The van der Waals surface area contributed by atoms with Gasteiger partial charge in [0.05, 0.1) is 11.1 Å². The van der Waals surface area contributed by atoms with Crippen LogP contribution in [0, 0.1) is 5.82 Å². The largest absolute Gasteiger partial charge is 0.488 e. The molecule has 0 aromatic heterocycles. The van der Waals surface area contributed by atoms with E-state index in [2.05, 4.69) is 0 Å². The highest BCUT2D eigenvalue weighted by atomic mass is 35.5. The van der Waals surface area contributed by atoms with Crippen LogP contribution in [0.2, 0.25) is 10.0 Å². The van der Waals surface area contributed by atoms with E-state index in [1.165, 1.54) is 12.1 Å². The van der Waals surface area contributed by atoms with Crippen LogP contribution in [-0.4, -0.2) is 6.10 Å². The van der Waals surface area contributed by atoms with Crippen LogP contribution in [0.15, 0.2) is 12.1 Å². The van der Waals surface area contributed by atoms with Crippen molar-refractivity contribution in [1.82, 2.24) is 0 Å². The number of halogens is 3. The van der Waals surface area contributed by atoms with Crippen molar-refractivity contribution >= 4 is 23.2 Å². The maximum atomic E-state index is 13.2. The van der Waals surface area contributed by atoms with Gasteiger partial charge in [-0.25, -0.2) is 4.39 Å². The Hall–Kier alpha value is -0.470. The fourth-order valence-corrected chi connectivity index (χ4v) is 1.35. The monoisotopic (exact) mass is 222 g/mol. The van der Waals surface area contributed by atoms with Crippen molar-refractivity contribution in [2.24, 2.45) is 0 Å². The zero-order valence-corrected chi connectivity index (χ0v) is 8.79. The van der Waals surface area contributed by atoms with Gasteiger partial charge in [0.2, 0.25) is 0 Å². The number of hydrogen-bond donors (Lipinski definition) is 0. The fraction of sp³-hybridized carbons (Fsp3) is 0.333. The molecule has 0 saturated carbocycles. The highest BCUT2D eigenvalue weighted by molar-refractivity contribution is 6.34. The summed E-state index contributed by atoms with van der Waals surface area (Å²) >= 11 is 11.2. The van der Waals surface area contributed by atoms with Gasteiger partial charge in [-0.2, -0.15) is 0 Å². The van der Waals surface area contributed by atoms with E-state index in [4.69, 9.17) is 27.9 Å². The van der Waals surface area contributed by atoms with Crippen LogP contribution in [-0.2, 0) is 0 Å². The third kappa shape index (κ3) is 2.75. The summed E-state index contributed by atoms with van der Waals surface area (Å²) in [6.07, 6.45) is -0.107. The van der Waals surface area contributed by atoms with Gasteiger partial charge in [0.15, 0.2) is 11.6 Å². The Morgan fingerprint density at radius 3 is 2.46 bits per heavy atom. The summed E-state index contributed by atoms with van der Waals surface area (Å²) in [7, 11) is 0. The van der Waals surface area contributed by atoms with Gasteiger partial charge in [-0.05, 0) is 19.9 Å². The van der Waals surface area contributed by atoms with E-state index in [1.807, 2.05) is 0 Å². The van der Waals surface area contributed by atoms with Crippen LogP contribution in [0.4, 0.5) is 4.39 Å². The first-order chi connectivity index (χ1) is 6.00. The molecule has 1 rings (SSSR count). The molecule has 0 saturated heterocycles. The van der Waals surface area contributed by atoms with E-state index in [9.17, 15) is 4.39 Å². The molecule has 0 fully saturated rings. The standard InChI is InChI=1S/C9H9Cl2FO/c1-5(2)13-8-4-6(10)3-7(11)9(8)12/h3-5H,1-2H3. The lowest BCUT2D eigenvalue weighted by Gasteiger charge is -2.11. The van der Waals surface area contributed by atoms with Crippen LogP contribution in [0.5, 0.6) is 5.75 Å². The van der Waals surface area contributed by atoms with Crippen LogP contribution in [0.25, 0.3) is 0 Å². The lowest BCUT2D eigenvalue weighted by atomic mass is 10.3. The summed E-state index contributed by atoms with van der Waals surface area (Å²) in [4.78, 5) is 0. The fourth-order valence-electron chi connectivity index (χ4n) is 0.872. The van der Waals surface area contributed by atoms with E-state index in [-0.39, 0.29) is 16.9 Å². The second-order valence-corrected chi connectivity index (χ2v) is 3.71. The molecule has 0 atom stereocenters. The summed E-state index contributed by atoms with van der Waals surface area (Å²) in [6.45, 7) is 3.60. The molecule has 0 aliphatic rings. The molecule has 0 unspecified atom stereocenters. The topological polar surface area (TPSA) is 9.23 Å². The number of hydrogen-bond acceptors (Lipinski definition) is 1.